The molecule has 4 heteroatoms. The van der Waals surface area contributed by atoms with Crippen LogP contribution in [0.4, 0.5) is 0 Å². The van der Waals surface area contributed by atoms with Crippen molar-refractivity contribution in [3.05, 3.63) is 65.7 Å². The molecule has 3 nitrogen and oxygen atoms in total. The van der Waals surface area contributed by atoms with Gasteiger partial charge in [0, 0.05) is 11.1 Å². The Morgan fingerprint density at radius 3 is 2.30 bits per heavy atom. The van der Waals surface area contributed by atoms with Crippen LogP contribution in [0.25, 0.3) is 0 Å². The molecular formula is C16H13NO2S. The van der Waals surface area contributed by atoms with Gasteiger partial charge in [-0.15, -0.1) is 0 Å². The molecule has 1 atom stereocenters. The Kier molecular flexibility index (Phi) is 4.70. The van der Waals surface area contributed by atoms with Crippen LogP contribution < -0.4 is 4.74 Å². The van der Waals surface area contributed by atoms with E-state index in [1.165, 1.54) is 0 Å². The Labute approximate surface area is 123 Å². The second kappa shape index (κ2) is 6.69. The van der Waals surface area contributed by atoms with Crippen LogP contribution in [0.3, 0.4) is 0 Å². The molecule has 1 unspecified atom stereocenters. The molecule has 0 fully saturated rings. The summed E-state index contributed by atoms with van der Waals surface area (Å²) < 4.78 is 10.7. The van der Waals surface area contributed by atoms with Crippen molar-refractivity contribution in [2.45, 2.75) is 6.10 Å². The van der Waals surface area contributed by atoms with Gasteiger partial charge in [-0.2, -0.15) is 5.26 Å². The van der Waals surface area contributed by atoms with Gasteiger partial charge in [0.2, 0.25) is 6.10 Å². The van der Waals surface area contributed by atoms with Gasteiger partial charge < -0.3 is 9.47 Å². The van der Waals surface area contributed by atoms with Gasteiger partial charge in [0.05, 0.1) is 7.11 Å². The van der Waals surface area contributed by atoms with Gasteiger partial charge in [0.15, 0.2) is 5.05 Å². The van der Waals surface area contributed by atoms with Gasteiger partial charge >= 0.3 is 0 Å². The summed E-state index contributed by atoms with van der Waals surface area (Å²) in [5, 5.41) is 9.50. The van der Waals surface area contributed by atoms with E-state index in [1.807, 2.05) is 30.3 Å². The molecule has 0 amide bonds. The van der Waals surface area contributed by atoms with Gasteiger partial charge in [-0.25, -0.2) is 0 Å². The summed E-state index contributed by atoms with van der Waals surface area (Å²) in [5.74, 6) is 0.747. The first-order chi connectivity index (χ1) is 9.74. The van der Waals surface area contributed by atoms with Gasteiger partial charge in [-0.3, -0.25) is 0 Å². The second-order valence-corrected chi connectivity index (χ2v) is 4.42. The number of hydrogen-bond donors (Lipinski definition) is 0. The average Bonchev–Trinajstić information content (AvgIpc) is 2.53. The molecule has 0 aliphatic heterocycles. The van der Waals surface area contributed by atoms with E-state index in [-0.39, 0.29) is 0 Å². The maximum atomic E-state index is 9.20. The smallest absolute Gasteiger partial charge is 0.210 e. The summed E-state index contributed by atoms with van der Waals surface area (Å²) in [6.07, 6.45) is -0.703. The Bertz CT molecular complexity index is 617. The van der Waals surface area contributed by atoms with Crippen LogP contribution in [0.2, 0.25) is 0 Å². The van der Waals surface area contributed by atoms with Crippen molar-refractivity contribution < 1.29 is 9.47 Å². The number of hydrogen-bond acceptors (Lipinski definition) is 4. The first-order valence-corrected chi connectivity index (χ1v) is 6.45. The van der Waals surface area contributed by atoms with Crippen LogP contribution in [0.15, 0.2) is 54.6 Å². The molecule has 100 valence electrons. The summed E-state index contributed by atoms with van der Waals surface area (Å²) >= 11 is 5.23. The summed E-state index contributed by atoms with van der Waals surface area (Å²) in [5.41, 5.74) is 1.53. The minimum atomic E-state index is -0.703. The minimum Gasteiger partial charge on any atom is -0.497 e. The van der Waals surface area contributed by atoms with E-state index < -0.39 is 6.10 Å². The van der Waals surface area contributed by atoms with Crippen molar-refractivity contribution in [2.24, 2.45) is 0 Å². The fourth-order valence-electron chi connectivity index (χ4n) is 1.70. The van der Waals surface area contributed by atoms with E-state index >= 15 is 0 Å². The van der Waals surface area contributed by atoms with E-state index in [4.69, 9.17) is 21.7 Å². The normalized spacial score (nSPS) is 11.2. The third kappa shape index (κ3) is 3.34. The fourth-order valence-corrected chi connectivity index (χ4v) is 1.93. The molecular weight excluding hydrogens is 270 g/mol. The lowest BCUT2D eigenvalue weighted by Gasteiger charge is -2.13. The molecule has 0 radical (unpaired) electrons. The molecule has 0 saturated heterocycles. The monoisotopic (exact) mass is 283 g/mol. The average molecular weight is 283 g/mol. The zero-order chi connectivity index (χ0) is 14.4. The highest BCUT2D eigenvalue weighted by Crippen LogP contribution is 2.20. The van der Waals surface area contributed by atoms with Crippen LogP contribution in [0.1, 0.15) is 17.2 Å². The SMILES string of the molecule is COc1ccc(C(=S)OC(C#N)c2ccccc2)cc1. The van der Waals surface area contributed by atoms with E-state index in [0.717, 1.165) is 16.9 Å². The first kappa shape index (κ1) is 14.0. The number of rotatable bonds is 4. The fraction of sp³-hybridized carbons (Fsp3) is 0.125. The van der Waals surface area contributed by atoms with Crippen LogP contribution in [0, 0.1) is 11.3 Å². The van der Waals surface area contributed by atoms with Crippen molar-refractivity contribution in [1.82, 2.24) is 0 Å². The number of ether oxygens (including phenoxy) is 2. The lowest BCUT2D eigenvalue weighted by atomic mass is 10.1. The number of nitriles is 1. The van der Waals surface area contributed by atoms with Gasteiger partial charge in [-0.05, 0) is 36.5 Å². The summed E-state index contributed by atoms with van der Waals surface area (Å²) in [6.45, 7) is 0. The Hall–Kier alpha value is -2.38. The van der Waals surface area contributed by atoms with Crippen molar-refractivity contribution >= 4 is 17.3 Å². The third-order valence-corrected chi connectivity index (χ3v) is 3.10. The van der Waals surface area contributed by atoms with Crippen LogP contribution >= 0.6 is 12.2 Å². The van der Waals surface area contributed by atoms with E-state index in [2.05, 4.69) is 6.07 Å². The molecule has 0 bridgehead atoms. The van der Waals surface area contributed by atoms with E-state index in [1.54, 1.807) is 31.4 Å². The molecule has 2 aromatic carbocycles. The zero-order valence-electron chi connectivity index (χ0n) is 10.9. The molecule has 0 aliphatic rings. The molecule has 20 heavy (non-hydrogen) atoms. The first-order valence-electron chi connectivity index (χ1n) is 6.04. The molecule has 0 saturated carbocycles. The maximum Gasteiger partial charge on any atom is 0.210 e. The largest absolute Gasteiger partial charge is 0.497 e. The lowest BCUT2D eigenvalue weighted by molar-refractivity contribution is 0.257. The summed E-state index contributed by atoms with van der Waals surface area (Å²) in [7, 11) is 1.60. The minimum absolute atomic E-state index is 0.294. The maximum absolute atomic E-state index is 9.20. The second-order valence-electron chi connectivity index (χ2n) is 4.05. The Morgan fingerprint density at radius 1 is 1.10 bits per heavy atom. The van der Waals surface area contributed by atoms with Gasteiger partial charge in [0.1, 0.15) is 11.8 Å². The van der Waals surface area contributed by atoms with Gasteiger partial charge in [-0.1, -0.05) is 30.3 Å². The predicted molar refractivity (Wildman–Crippen MR) is 80.6 cm³/mol. The summed E-state index contributed by atoms with van der Waals surface area (Å²) in [6, 6.07) is 18.6. The van der Waals surface area contributed by atoms with E-state index in [0.29, 0.717) is 5.05 Å². The highest BCUT2D eigenvalue weighted by Gasteiger charge is 2.14. The molecule has 0 aromatic heterocycles. The molecule has 0 spiro atoms. The molecule has 2 aromatic rings. The molecule has 0 heterocycles. The number of benzene rings is 2. The quantitative estimate of drug-likeness (QED) is 0.803. The van der Waals surface area contributed by atoms with Crippen molar-refractivity contribution in [1.29, 1.82) is 5.26 Å². The highest BCUT2D eigenvalue weighted by molar-refractivity contribution is 7.80. The molecule has 0 N–H and O–H groups in total. The van der Waals surface area contributed by atoms with E-state index in [9.17, 15) is 5.26 Å². The summed E-state index contributed by atoms with van der Waals surface area (Å²) in [4.78, 5) is 0. The Balaban J connectivity index is 2.11. The highest BCUT2D eigenvalue weighted by atomic mass is 32.1. The number of nitrogens with zero attached hydrogens (tertiary/aromatic N) is 1. The van der Waals surface area contributed by atoms with Gasteiger partial charge in [0.25, 0.3) is 0 Å². The Morgan fingerprint density at radius 2 is 1.75 bits per heavy atom. The molecule has 0 aliphatic carbocycles. The van der Waals surface area contributed by atoms with Crippen LogP contribution in [-0.4, -0.2) is 12.2 Å². The predicted octanol–water partition coefficient (Wildman–Crippen LogP) is 3.65. The van der Waals surface area contributed by atoms with Crippen molar-refractivity contribution in [3.8, 4) is 11.8 Å². The molecule has 2 rings (SSSR count). The number of methoxy groups -OCH3 is 1. The third-order valence-electron chi connectivity index (χ3n) is 2.77. The topological polar surface area (TPSA) is 42.2 Å². The lowest BCUT2D eigenvalue weighted by Crippen LogP contribution is -2.09. The van der Waals surface area contributed by atoms with Crippen molar-refractivity contribution in [2.75, 3.05) is 7.11 Å². The zero-order valence-corrected chi connectivity index (χ0v) is 11.8. The van der Waals surface area contributed by atoms with Crippen LogP contribution in [-0.2, 0) is 4.74 Å². The van der Waals surface area contributed by atoms with Crippen LogP contribution in [0.5, 0.6) is 5.75 Å². The van der Waals surface area contributed by atoms with Crippen molar-refractivity contribution in [3.63, 3.8) is 0 Å². The standard InChI is InChI=1S/C16H13NO2S/c1-18-14-9-7-13(8-10-14)16(20)19-15(11-17)12-5-3-2-4-6-12/h2-10,15H,1H3. The number of thiocarbonyl (C=S) groups is 1.